The third-order valence-corrected chi connectivity index (χ3v) is 3.38. The molecular weight excluding hydrogens is 244 g/mol. The van der Waals surface area contributed by atoms with Gasteiger partial charge in [0.25, 0.3) is 0 Å². The Morgan fingerprint density at radius 1 is 1.32 bits per heavy atom. The molecule has 5 heteroatoms. The van der Waals surface area contributed by atoms with Crippen LogP contribution >= 0.6 is 0 Å². The van der Waals surface area contributed by atoms with Crippen LogP contribution in [0.4, 0.5) is 5.69 Å². The van der Waals surface area contributed by atoms with Crippen LogP contribution in [0.25, 0.3) is 0 Å². The SMILES string of the molecule is COCC(C)N(C)Cc1cc2c(cc1N)OCCO2. The van der Waals surface area contributed by atoms with Crippen LogP contribution in [-0.2, 0) is 11.3 Å². The van der Waals surface area contributed by atoms with E-state index in [0.29, 0.717) is 25.9 Å². The van der Waals surface area contributed by atoms with Gasteiger partial charge >= 0.3 is 0 Å². The summed E-state index contributed by atoms with van der Waals surface area (Å²) >= 11 is 0. The van der Waals surface area contributed by atoms with Crippen molar-refractivity contribution in [1.82, 2.24) is 4.90 Å². The van der Waals surface area contributed by atoms with Crippen LogP contribution in [0.5, 0.6) is 11.5 Å². The number of nitrogen functional groups attached to an aromatic ring is 1. The largest absolute Gasteiger partial charge is 0.486 e. The Bertz CT molecular complexity index is 437. The average molecular weight is 266 g/mol. The number of fused-ring (bicyclic) bond motifs is 1. The summed E-state index contributed by atoms with van der Waals surface area (Å²) in [5, 5.41) is 0. The maximum atomic E-state index is 6.07. The van der Waals surface area contributed by atoms with Crippen LogP contribution in [0.15, 0.2) is 12.1 Å². The number of rotatable bonds is 5. The monoisotopic (exact) mass is 266 g/mol. The summed E-state index contributed by atoms with van der Waals surface area (Å²) in [6, 6.07) is 4.15. The van der Waals surface area contributed by atoms with Crippen LogP contribution in [0.1, 0.15) is 12.5 Å². The summed E-state index contributed by atoms with van der Waals surface area (Å²) in [6.07, 6.45) is 0. The lowest BCUT2D eigenvalue weighted by molar-refractivity contribution is 0.112. The molecule has 1 aliphatic rings. The van der Waals surface area contributed by atoms with Crippen LogP contribution in [-0.4, -0.2) is 44.9 Å². The van der Waals surface area contributed by atoms with Gasteiger partial charge in [-0.1, -0.05) is 0 Å². The Labute approximate surface area is 114 Å². The highest BCUT2D eigenvalue weighted by atomic mass is 16.6. The van der Waals surface area contributed by atoms with Gasteiger partial charge in [0.2, 0.25) is 0 Å². The van der Waals surface area contributed by atoms with Gasteiger partial charge in [-0.25, -0.2) is 0 Å². The maximum absolute atomic E-state index is 6.07. The van der Waals surface area contributed by atoms with Gasteiger partial charge in [0.15, 0.2) is 11.5 Å². The van der Waals surface area contributed by atoms with Crippen molar-refractivity contribution in [2.24, 2.45) is 0 Å². The van der Waals surface area contributed by atoms with Gasteiger partial charge in [-0.05, 0) is 25.6 Å². The van der Waals surface area contributed by atoms with Crippen molar-refractivity contribution in [3.63, 3.8) is 0 Å². The Morgan fingerprint density at radius 3 is 2.58 bits per heavy atom. The predicted octanol–water partition coefficient (Wildman–Crippen LogP) is 1.51. The lowest BCUT2D eigenvalue weighted by Gasteiger charge is -2.26. The minimum absolute atomic E-state index is 0.331. The molecule has 0 spiro atoms. The average Bonchev–Trinajstić information content (AvgIpc) is 2.39. The van der Waals surface area contributed by atoms with E-state index in [2.05, 4.69) is 18.9 Å². The van der Waals surface area contributed by atoms with E-state index in [9.17, 15) is 0 Å². The Kier molecular flexibility index (Phi) is 4.50. The van der Waals surface area contributed by atoms with Crippen LogP contribution in [0.2, 0.25) is 0 Å². The molecule has 2 N–H and O–H groups in total. The number of likely N-dealkylation sites (N-methyl/N-ethyl adjacent to an activating group) is 1. The molecule has 1 unspecified atom stereocenters. The second-order valence-electron chi connectivity index (χ2n) is 4.91. The minimum Gasteiger partial charge on any atom is -0.486 e. The van der Waals surface area contributed by atoms with Crippen molar-refractivity contribution < 1.29 is 14.2 Å². The van der Waals surface area contributed by atoms with Crippen molar-refractivity contribution in [3.05, 3.63) is 17.7 Å². The summed E-state index contributed by atoms with van der Waals surface area (Å²) < 4.78 is 16.3. The lowest BCUT2D eigenvalue weighted by atomic mass is 10.1. The van der Waals surface area contributed by atoms with Crippen molar-refractivity contribution >= 4 is 5.69 Å². The first-order chi connectivity index (χ1) is 9.11. The molecule has 0 aliphatic carbocycles. The number of nitrogens with two attached hydrogens (primary N) is 1. The summed E-state index contributed by atoms with van der Waals surface area (Å²) in [4.78, 5) is 2.20. The van der Waals surface area contributed by atoms with E-state index in [0.717, 1.165) is 29.3 Å². The fourth-order valence-corrected chi connectivity index (χ4v) is 2.08. The van der Waals surface area contributed by atoms with E-state index in [1.807, 2.05) is 12.1 Å². The van der Waals surface area contributed by atoms with E-state index in [1.54, 1.807) is 7.11 Å². The van der Waals surface area contributed by atoms with Gasteiger partial charge in [0.1, 0.15) is 13.2 Å². The number of hydrogen-bond donors (Lipinski definition) is 1. The van der Waals surface area contributed by atoms with Gasteiger partial charge < -0.3 is 19.9 Å². The van der Waals surface area contributed by atoms with E-state index in [1.165, 1.54) is 0 Å². The highest BCUT2D eigenvalue weighted by molar-refractivity contribution is 5.58. The van der Waals surface area contributed by atoms with Crippen molar-refractivity contribution in [1.29, 1.82) is 0 Å². The molecule has 1 aromatic rings. The van der Waals surface area contributed by atoms with E-state index in [-0.39, 0.29) is 0 Å². The van der Waals surface area contributed by atoms with E-state index < -0.39 is 0 Å². The minimum atomic E-state index is 0.331. The first-order valence-corrected chi connectivity index (χ1v) is 6.49. The molecule has 0 amide bonds. The molecule has 0 saturated heterocycles. The second-order valence-corrected chi connectivity index (χ2v) is 4.91. The van der Waals surface area contributed by atoms with E-state index >= 15 is 0 Å². The molecule has 0 radical (unpaired) electrons. The molecular formula is C14H22N2O3. The molecule has 5 nitrogen and oxygen atoms in total. The number of methoxy groups -OCH3 is 1. The van der Waals surface area contributed by atoms with Gasteiger partial charge in [-0.15, -0.1) is 0 Å². The third-order valence-electron chi connectivity index (χ3n) is 3.38. The predicted molar refractivity (Wildman–Crippen MR) is 74.6 cm³/mol. The molecule has 19 heavy (non-hydrogen) atoms. The van der Waals surface area contributed by atoms with Crippen LogP contribution < -0.4 is 15.2 Å². The summed E-state index contributed by atoms with van der Waals surface area (Å²) in [6.45, 7) is 4.74. The zero-order valence-electron chi connectivity index (χ0n) is 11.8. The molecule has 0 saturated carbocycles. The Morgan fingerprint density at radius 2 is 1.95 bits per heavy atom. The van der Waals surface area contributed by atoms with Crippen molar-refractivity contribution in [2.75, 3.05) is 39.7 Å². The Balaban J connectivity index is 2.11. The summed E-state index contributed by atoms with van der Waals surface area (Å²) in [5.41, 5.74) is 7.86. The number of ether oxygens (including phenoxy) is 3. The molecule has 1 aliphatic heterocycles. The molecule has 1 aromatic carbocycles. The molecule has 0 aromatic heterocycles. The van der Waals surface area contributed by atoms with Gasteiger partial charge in [-0.2, -0.15) is 0 Å². The van der Waals surface area contributed by atoms with Gasteiger partial charge in [-0.3, -0.25) is 4.90 Å². The fourth-order valence-electron chi connectivity index (χ4n) is 2.08. The smallest absolute Gasteiger partial charge is 0.163 e. The standard InChI is InChI=1S/C14H22N2O3/c1-10(9-17-3)16(2)8-11-6-13-14(7-12(11)15)19-5-4-18-13/h6-7,10H,4-5,8-9,15H2,1-3H3. The first-order valence-electron chi connectivity index (χ1n) is 6.49. The maximum Gasteiger partial charge on any atom is 0.163 e. The normalized spacial score (nSPS) is 15.6. The molecule has 1 atom stereocenters. The number of benzene rings is 1. The molecule has 106 valence electrons. The number of nitrogens with zero attached hydrogens (tertiary/aromatic N) is 1. The zero-order valence-corrected chi connectivity index (χ0v) is 11.8. The number of hydrogen-bond acceptors (Lipinski definition) is 5. The molecule has 2 rings (SSSR count). The van der Waals surface area contributed by atoms with Gasteiger partial charge in [0, 0.05) is 31.5 Å². The van der Waals surface area contributed by atoms with Crippen LogP contribution in [0.3, 0.4) is 0 Å². The summed E-state index contributed by atoms with van der Waals surface area (Å²) in [7, 11) is 3.77. The quantitative estimate of drug-likeness (QED) is 0.819. The molecule has 1 heterocycles. The highest BCUT2D eigenvalue weighted by Crippen LogP contribution is 2.34. The van der Waals surface area contributed by atoms with Crippen molar-refractivity contribution in [2.45, 2.75) is 19.5 Å². The molecule has 0 fully saturated rings. The lowest BCUT2D eigenvalue weighted by Crippen LogP contribution is -2.32. The summed E-state index contributed by atoms with van der Waals surface area (Å²) in [5.74, 6) is 1.52. The van der Waals surface area contributed by atoms with Crippen molar-refractivity contribution in [3.8, 4) is 11.5 Å². The Hall–Kier alpha value is -1.46. The van der Waals surface area contributed by atoms with Crippen LogP contribution in [0, 0.1) is 0 Å². The fraction of sp³-hybridized carbons (Fsp3) is 0.571. The second kappa shape index (κ2) is 6.12. The topological polar surface area (TPSA) is 57.0 Å². The zero-order chi connectivity index (χ0) is 13.8. The third kappa shape index (κ3) is 3.30. The highest BCUT2D eigenvalue weighted by Gasteiger charge is 2.17. The van der Waals surface area contributed by atoms with Gasteiger partial charge in [0.05, 0.1) is 6.61 Å². The number of anilines is 1. The molecule has 0 bridgehead atoms. The first kappa shape index (κ1) is 14.0. The van der Waals surface area contributed by atoms with E-state index in [4.69, 9.17) is 19.9 Å².